The summed E-state index contributed by atoms with van der Waals surface area (Å²) < 4.78 is 10.9. The third-order valence-corrected chi connectivity index (χ3v) is 3.16. The summed E-state index contributed by atoms with van der Waals surface area (Å²) in [6.07, 6.45) is 2.57. The summed E-state index contributed by atoms with van der Waals surface area (Å²) in [6, 6.07) is 8.59. The van der Waals surface area contributed by atoms with Crippen molar-refractivity contribution >= 4 is 0 Å². The molecule has 0 spiro atoms. The van der Waals surface area contributed by atoms with Crippen LogP contribution in [0.15, 0.2) is 24.3 Å². The summed E-state index contributed by atoms with van der Waals surface area (Å²) in [5, 5.41) is 3.28. The van der Waals surface area contributed by atoms with Crippen molar-refractivity contribution in [2.75, 3.05) is 33.4 Å². The van der Waals surface area contributed by atoms with E-state index in [2.05, 4.69) is 29.6 Å². The minimum Gasteiger partial charge on any atom is -0.383 e. The second-order valence-corrected chi connectivity index (χ2v) is 4.34. The Balaban J connectivity index is 1.68. The average molecular weight is 235 g/mol. The molecule has 3 nitrogen and oxygen atoms in total. The Labute approximate surface area is 103 Å². The van der Waals surface area contributed by atoms with Crippen LogP contribution < -0.4 is 5.32 Å². The summed E-state index contributed by atoms with van der Waals surface area (Å²) in [5.41, 5.74) is 2.83. The lowest BCUT2D eigenvalue weighted by Crippen LogP contribution is -2.24. The lowest BCUT2D eigenvalue weighted by molar-refractivity contribution is 0.0552. The monoisotopic (exact) mass is 235 g/mol. The molecular weight excluding hydrogens is 214 g/mol. The Morgan fingerprint density at radius 2 is 2.06 bits per heavy atom. The largest absolute Gasteiger partial charge is 0.383 e. The molecule has 2 rings (SSSR count). The van der Waals surface area contributed by atoms with Gasteiger partial charge in [-0.15, -0.1) is 0 Å². The van der Waals surface area contributed by atoms with Gasteiger partial charge in [-0.3, -0.25) is 0 Å². The van der Waals surface area contributed by atoms with Crippen LogP contribution in [0.2, 0.25) is 0 Å². The first kappa shape index (κ1) is 12.6. The van der Waals surface area contributed by atoms with E-state index in [1.54, 1.807) is 7.11 Å². The van der Waals surface area contributed by atoms with Gasteiger partial charge in [0.05, 0.1) is 19.3 Å². The van der Waals surface area contributed by atoms with Gasteiger partial charge in [0.25, 0.3) is 0 Å². The van der Waals surface area contributed by atoms with Crippen LogP contribution in [0.25, 0.3) is 0 Å². The van der Waals surface area contributed by atoms with Crippen molar-refractivity contribution in [2.24, 2.45) is 0 Å². The molecule has 0 aliphatic heterocycles. The van der Waals surface area contributed by atoms with Crippen LogP contribution in [0.5, 0.6) is 0 Å². The van der Waals surface area contributed by atoms with Gasteiger partial charge in [-0.2, -0.15) is 0 Å². The van der Waals surface area contributed by atoms with Crippen molar-refractivity contribution in [1.29, 1.82) is 0 Å². The van der Waals surface area contributed by atoms with E-state index in [0.717, 1.165) is 39.1 Å². The van der Waals surface area contributed by atoms with E-state index in [0.29, 0.717) is 6.10 Å². The molecular formula is C14H21NO2. The highest BCUT2D eigenvalue weighted by atomic mass is 16.5. The maximum Gasteiger partial charge on any atom is 0.0831 e. The van der Waals surface area contributed by atoms with Crippen LogP contribution in [0, 0.1) is 0 Å². The smallest absolute Gasteiger partial charge is 0.0831 e. The molecule has 1 aromatic carbocycles. The quantitative estimate of drug-likeness (QED) is 0.732. The molecule has 0 bridgehead atoms. The molecule has 1 aliphatic rings. The van der Waals surface area contributed by atoms with Crippen molar-refractivity contribution in [2.45, 2.75) is 18.9 Å². The number of aryl methyl sites for hydroxylation is 1. The molecule has 1 unspecified atom stereocenters. The van der Waals surface area contributed by atoms with Gasteiger partial charge in [-0.05, 0) is 24.0 Å². The number of hydrogen-bond acceptors (Lipinski definition) is 3. The molecule has 0 aromatic heterocycles. The van der Waals surface area contributed by atoms with Crippen molar-refractivity contribution in [1.82, 2.24) is 5.32 Å². The van der Waals surface area contributed by atoms with Crippen molar-refractivity contribution in [3.63, 3.8) is 0 Å². The maximum absolute atomic E-state index is 5.91. The Bertz CT molecular complexity index is 341. The molecule has 94 valence electrons. The highest BCUT2D eigenvalue weighted by Crippen LogP contribution is 2.33. The standard InChI is InChI=1S/C14H21NO2/c1-16-10-8-15-9-11-17-14-7-6-12-4-2-3-5-13(12)14/h2-5,14-15H,6-11H2,1H3. The molecule has 17 heavy (non-hydrogen) atoms. The number of methoxy groups -OCH3 is 1. The van der Waals surface area contributed by atoms with Crippen LogP contribution >= 0.6 is 0 Å². The summed E-state index contributed by atoms with van der Waals surface area (Å²) in [4.78, 5) is 0. The van der Waals surface area contributed by atoms with Crippen LogP contribution in [-0.2, 0) is 15.9 Å². The zero-order valence-electron chi connectivity index (χ0n) is 10.4. The first-order valence-electron chi connectivity index (χ1n) is 6.31. The van der Waals surface area contributed by atoms with Gasteiger partial charge >= 0.3 is 0 Å². The van der Waals surface area contributed by atoms with E-state index in [1.807, 2.05) is 0 Å². The van der Waals surface area contributed by atoms with E-state index in [4.69, 9.17) is 9.47 Å². The number of rotatable bonds is 7. The molecule has 3 heteroatoms. The van der Waals surface area contributed by atoms with E-state index in [9.17, 15) is 0 Å². The van der Waals surface area contributed by atoms with Gasteiger partial charge < -0.3 is 14.8 Å². The molecule has 1 aliphatic carbocycles. The zero-order valence-corrected chi connectivity index (χ0v) is 10.4. The van der Waals surface area contributed by atoms with E-state index < -0.39 is 0 Å². The highest BCUT2D eigenvalue weighted by Gasteiger charge is 2.21. The van der Waals surface area contributed by atoms with Gasteiger partial charge in [0, 0.05) is 20.2 Å². The lowest BCUT2D eigenvalue weighted by Gasteiger charge is -2.13. The Morgan fingerprint density at radius 1 is 1.24 bits per heavy atom. The summed E-state index contributed by atoms with van der Waals surface area (Å²) >= 11 is 0. The second kappa shape index (κ2) is 6.74. The fraction of sp³-hybridized carbons (Fsp3) is 0.571. The fourth-order valence-corrected chi connectivity index (χ4v) is 2.26. The third kappa shape index (κ3) is 3.53. The average Bonchev–Trinajstić information content (AvgIpc) is 2.77. The topological polar surface area (TPSA) is 30.5 Å². The molecule has 1 aromatic rings. The Morgan fingerprint density at radius 3 is 2.94 bits per heavy atom. The first-order valence-corrected chi connectivity index (χ1v) is 6.31. The lowest BCUT2D eigenvalue weighted by atomic mass is 10.1. The number of fused-ring (bicyclic) bond motifs is 1. The van der Waals surface area contributed by atoms with Crippen molar-refractivity contribution in [3.05, 3.63) is 35.4 Å². The number of benzene rings is 1. The molecule has 0 heterocycles. The van der Waals surface area contributed by atoms with Gasteiger partial charge in [0.2, 0.25) is 0 Å². The molecule has 1 N–H and O–H groups in total. The van der Waals surface area contributed by atoms with Crippen molar-refractivity contribution < 1.29 is 9.47 Å². The van der Waals surface area contributed by atoms with Crippen LogP contribution in [0.1, 0.15) is 23.7 Å². The Kier molecular flexibility index (Phi) is 4.98. The van der Waals surface area contributed by atoms with E-state index >= 15 is 0 Å². The maximum atomic E-state index is 5.91. The molecule has 1 atom stereocenters. The SMILES string of the molecule is COCCNCCOC1CCc2ccccc21. The molecule has 0 amide bonds. The molecule has 0 saturated heterocycles. The van der Waals surface area contributed by atoms with Gasteiger partial charge in [-0.25, -0.2) is 0 Å². The predicted octanol–water partition coefficient (Wildman–Crippen LogP) is 1.93. The minimum atomic E-state index is 0.301. The van der Waals surface area contributed by atoms with Crippen LogP contribution in [-0.4, -0.2) is 33.4 Å². The number of nitrogens with one attached hydrogen (secondary N) is 1. The van der Waals surface area contributed by atoms with Gasteiger partial charge in [0.15, 0.2) is 0 Å². The van der Waals surface area contributed by atoms with Gasteiger partial charge in [0.1, 0.15) is 0 Å². The molecule has 0 radical (unpaired) electrons. The van der Waals surface area contributed by atoms with E-state index in [1.165, 1.54) is 11.1 Å². The number of ether oxygens (including phenoxy) is 2. The minimum absolute atomic E-state index is 0.301. The zero-order chi connectivity index (χ0) is 11.9. The van der Waals surface area contributed by atoms with Gasteiger partial charge in [-0.1, -0.05) is 24.3 Å². The highest BCUT2D eigenvalue weighted by molar-refractivity contribution is 5.33. The normalized spacial score (nSPS) is 18.3. The summed E-state index contributed by atoms with van der Waals surface area (Å²) in [6.45, 7) is 3.30. The second-order valence-electron chi connectivity index (χ2n) is 4.34. The van der Waals surface area contributed by atoms with Crippen LogP contribution in [0.3, 0.4) is 0 Å². The summed E-state index contributed by atoms with van der Waals surface area (Å²) in [5.74, 6) is 0. The molecule has 0 fully saturated rings. The molecule has 0 saturated carbocycles. The first-order chi connectivity index (χ1) is 8.42. The van der Waals surface area contributed by atoms with Crippen LogP contribution in [0.4, 0.5) is 0 Å². The Hall–Kier alpha value is -0.900. The fourth-order valence-electron chi connectivity index (χ4n) is 2.26. The summed E-state index contributed by atoms with van der Waals surface area (Å²) in [7, 11) is 1.72. The third-order valence-electron chi connectivity index (χ3n) is 3.16. The number of hydrogen-bond donors (Lipinski definition) is 1. The predicted molar refractivity (Wildman–Crippen MR) is 68.2 cm³/mol. The van der Waals surface area contributed by atoms with E-state index in [-0.39, 0.29) is 0 Å². The van der Waals surface area contributed by atoms with Crippen molar-refractivity contribution in [3.8, 4) is 0 Å².